The summed E-state index contributed by atoms with van der Waals surface area (Å²) < 4.78 is 23.0. The minimum Gasteiger partial charge on any atom is -0.311 e. The van der Waals surface area contributed by atoms with Gasteiger partial charge >= 0.3 is 7.60 Å². The Bertz CT molecular complexity index is 333. The van der Waals surface area contributed by atoms with E-state index in [4.69, 9.17) is 9.05 Å². The van der Waals surface area contributed by atoms with Crippen molar-refractivity contribution in [3.05, 3.63) is 0 Å². The van der Waals surface area contributed by atoms with Crippen LogP contribution in [0, 0.1) is 10.8 Å². The molecule has 0 aromatic heterocycles. The summed E-state index contributed by atoms with van der Waals surface area (Å²) in [5.74, 6) is 0.661. The summed E-state index contributed by atoms with van der Waals surface area (Å²) in [5.41, 5.74) is -0.0281. The van der Waals surface area contributed by atoms with E-state index in [1.54, 1.807) is 0 Å². The predicted octanol–water partition coefficient (Wildman–Crippen LogP) is 3.53. The average Bonchev–Trinajstić information content (AvgIpc) is 2.26. The van der Waals surface area contributed by atoms with Gasteiger partial charge in [-0.05, 0) is 5.41 Å². The van der Waals surface area contributed by atoms with E-state index in [1.165, 1.54) is 14.2 Å². The number of thioether (sulfide) groups is 1. The van der Waals surface area contributed by atoms with Crippen LogP contribution >= 0.6 is 19.4 Å². The fourth-order valence-electron chi connectivity index (χ4n) is 2.10. The fraction of sp³-hybridized carbons (Fsp3) is 1.00. The topological polar surface area (TPSA) is 47.6 Å². The second-order valence-corrected chi connectivity index (χ2v) is 9.94. The van der Waals surface area contributed by atoms with Gasteiger partial charge in [0, 0.05) is 25.4 Å². The Morgan fingerprint density at radius 2 is 1.78 bits per heavy atom. The zero-order valence-corrected chi connectivity index (χ0v) is 14.2. The molecule has 108 valence electrons. The van der Waals surface area contributed by atoms with E-state index < -0.39 is 7.60 Å². The van der Waals surface area contributed by atoms with Crippen LogP contribution in [0.2, 0.25) is 0 Å². The van der Waals surface area contributed by atoms with Crippen molar-refractivity contribution in [2.75, 3.05) is 20.0 Å². The third kappa shape index (κ3) is 3.31. The van der Waals surface area contributed by atoms with Crippen molar-refractivity contribution < 1.29 is 13.6 Å². The van der Waals surface area contributed by atoms with Gasteiger partial charge in [-0.3, -0.25) is 9.88 Å². The van der Waals surface area contributed by atoms with Gasteiger partial charge in [0.05, 0.1) is 5.37 Å². The van der Waals surface area contributed by atoms with Crippen molar-refractivity contribution in [1.29, 1.82) is 0 Å². The number of hydrogen-bond acceptors (Lipinski definition) is 5. The fourth-order valence-corrected chi connectivity index (χ4v) is 5.67. The van der Waals surface area contributed by atoms with Crippen molar-refractivity contribution >= 4 is 19.4 Å². The van der Waals surface area contributed by atoms with Crippen molar-refractivity contribution in [3.8, 4) is 0 Å². The van der Waals surface area contributed by atoms with Crippen LogP contribution in [0.15, 0.2) is 0 Å². The molecule has 18 heavy (non-hydrogen) atoms. The van der Waals surface area contributed by atoms with Crippen molar-refractivity contribution in [2.24, 2.45) is 10.8 Å². The van der Waals surface area contributed by atoms with E-state index in [0.717, 1.165) is 5.75 Å². The molecule has 0 bridgehead atoms. The Kier molecular flexibility index (Phi) is 5.00. The highest BCUT2D eigenvalue weighted by Crippen LogP contribution is 2.59. The maximum atomic E-state index is 12.7. The molecule has 1 aliphatic rings. The molecule has 1 fully saturated rings. The zero-order chi connectivity index (χ0) is 14.2. The normalized spacial score (nSPS) is 29.3. The number of nitrogens with one attached hydrogen (secondary N) is 1. The van der Waals surface area contributed by atoms with Crippen LogP contribution < -0.4 is 5.32 Å². The molecule has 1 saturated heterocycles. The van der Waals surface area contributed by atoms with E-state index in [-0.39, 0.29) is 22.0 Å². The first kappa shape index (κ1) is 16.5. The largest absolute Gasteiger partial charge is 0.347 e. The standard InChI is InChI=1S/C12H26NO3PS/c1-11(2,3)10-13-9(12(4,5)8-18-10)17(14,15-6)16-7/h9-10,13H,8H2,1-7H3/t9-,10+/m1/s1. The van der Waals surface area contributed by atoms with Crippen LogP contribution in [-0.2, 0) is 13.6 Å². The molecule has 0 saturated carbocycles. The van der Waals surface area contributed by atoms with Crippen molar-refractivity contribution in [1.82, 2.24) is 5.32 Å². The molecule has 0 aromatic rings. The number of rotatable bonds is 3. The van der Waals surface area contributed by atoms with Gasteiger partial charge in [-0.2, -0.15) is 0 Å². The highest BCUT2D eigenvalue weighted by molar-refractivity contribution is 8.00. The molecule has 1 N–H and O–H groups in total. The quantitative estimate of drug-likeness (QED) is 0.807. The summed E-state index contributed by atoms with van der Waals surface area (Å²) in [5, 5.41) is 3.72. The molecule has 0 unspecified atom stereocenters. The van der Waals surface area contributed by atoms with Gasteiger partial charge in [0.2, 0.25) is 0 Å². The van der Waals surface area contributed by atoms with Crippen LogP contribution in [-0.4, -0.2) is 31.1 Å². The second kappa shape index (κ2) is 5.45. The van der Waals surface area contributed by atoms with Gasteiger partial charge in [0.1, 0.15) is 5.78 Å². The van der Waals surface area contributed by atoms with Gasteiger partial charge in [-0.15, -0.1) is 11.8 Å². The molecular formula is C12H26NO3PS. The molecule has 1 heterocycles. The molecule has 0 amide bonds. The lowest BCUT2D eigenvalue weighted by atomic mass is 9.92. The molecule has 0 aromatic carbocycles. The minimum atomic E-state index is -3.11. The monoisotopic (exact) mass is 295 g/mol. The molecule has 0 spiro atoms. The van der Waals surface area contributed by atoms with Gasteiger partial charge in [0.25, 0.3) is 0 Å². The average molecular weight is 295 g/mol. The van der Waals surface area contributed by atoms with E-state index in [2.05, 4.69) is 39.9 Å². The maximum Gasteiger partial charge on any atom is 0.347 e. The SMILES string of the molecule is COP(=O)(OC)[C@H]1N[C@H](C(C)(C)C)SCC1(C)C. The molecular weight excluding hydrogens is 269 g/mol. The first-order valence-corrected chi connectivity index (χ1v) is 8.82. The van der Waals surface area contributed by atoms with Gasteiger partial charge in [-0.25, -0.2) is 0 Å². The molecule has 1 aliphatic heterocycles. The van der Waals surface area contributed by atoms with E-state index >= 15 is 0 Å². The van der Waals surface area contributed by atoms with Gasteiger partial charge < -0.3 is 9.05 Å². The summed E-state index contributed by atoms with van der Waals surface area (Å²) in [6.07, 6.45) is 0. The summed E-state index contributed by atoms with van der Waals surface area (Å²) in [6, 6.07) is 0. The van der Waals surface area contributed by atoms with E-state index in [0.29, 0.717) is 0 Å². The molecule has 4 nitrogen and oxygen atoms in total. The first-order valence-electron chi connectivity index (χ1n) is 6.16. The van der Waals surface area contributed by atoms with Crippen LogP contribution in [0.1, 0.15) is 34.6 Å². The van der Waals surface area contributed by atoms with Crippen molar-refractivity contribution in [3.63, 3.8) is 0 Å². The third-order valence-electron chi connectivity index (χ3n) is 3.28. The van der Waals surface area contributed by atoms with Gasteiger partial charge in [0.15, 0.2) is 0 Å². The molecule has 0 radical (unpaired) electrons. The Hall–Kier alpha value is 0.460. The Morgan fingerprint density at radius 3 is 2.17 bits per heavy atom. The molecule has 1 rings (SSSR count). The first-order chi connectivity index (χ1) is 8.07. The van der Waals surface area contributed by atoms with Crippen LogP contribution in [0.3, 0.4) is 0 Å². The summed E-state index contributed by atoms with van der Waals surface area (Å²) in [4.78, 5) is 0. The van der Waals surface area contributed by atoms with Crippen LogP contribution in [0.4, 0.5) is 0 Å². The predicted molar refractivity (Wildman–Crippen MR) is 78.0 cm³/mol. The maximum absolute atomic E-state index is 12.7. The highest BCUT2D eigenvalue weighted by atomic mass is 32.2. The van der Waals surface area contributed by atoms with Crippen LogP contribution in [0.25, 0.3) is 0 Å². The van der Waals surface area contributed by atoms with Gasteiger partial charge in [-0.1, -0.05) is 34.6 Å². The third-order valence-corrected chi connectivity index (χ3v) is 7.87. The highest BCUT2D eigenvalue weighted by Gasteiger charge is 2.50. The van der Waals surface area contributed by atoms with Crippen LogP contribution in [0.5, 0.6) is 0 Å². The minimum absolute atomic E-state index is 0.103. The lowest BCUT2D eigenvalue weighted by Crippen LogP contribution is -2.55. The van der Waals surface area contributed by atoms with E-state index in [9.17, 15) is 4.57 Å². The lowest BCUT2D eigenvalue weighted by molar-refractivity contribution is 0.198. The molecule has 0 aliphatic carbocycles. The summed E-state index contributed by atoms with van der Waals surface area (Å²) >= 11 is 1.87. The van der Waals surface area contributed by atoms with E-state index in [1.807, 2.05) is 11.8 Å². The molecule has 6 heteroatoms. The smallest absolute Gasteiger partial charge is 0.311 e. The Balaban J connectivity index is 3.01. The Morgan fingerprint density at radius 1 is 1.28 bits per heavy atom. The Labute approximate surface area is 115 Å². The second-order valence-electron chi connectivity index (χ2n) is 6.52. The number of hydrogen-bond donors (Lipinski definition) is 1. The summed E-state index contributed by atoms with van der Waals surface area (Å²) in [7, 11) is -0.201. The molecule has 2 atom stereocenters. The van der Waals surface area contributed by atoms with Crippen molar-refractivity contribution in [2.45, 2.75) is 45.8 Å². The summed E-state index contributed by atoms with van der Waals surface area (Å²) in [6.45, 7) is 10.7. The zero-order valence-electron chi connectivity index (χ0n) is 12.4. The lowest BCUT2D eigenvalue weighted by Gasteiger charge is -2.47.